The highest BCUT2D eigenvalue weighted by atomic mass is 32.2. The number of sulfonamides is 1. The van der Waals surface area contributed by atoms with Gasteiger partial charge in [0.15, 0.2) is 0 Å². The third-order valence-electron chi connectivity index (χ3n) is 5.04. The minimum absolute atomic E-state index is 0.193. The molecule has 1 N–H and O–H groups in total. The Labute approximate surface area is 189 Å². The average Bonchev–Trinajstić information content (AvgIpc) is 2.80. The van der Waals surface area contributed by atoms with E-state index < -0.39 is 10.0 Å². The topological polar surface area (TPSA) is 88.6 Å². The van der Waals surface area contributed by atoms with Gasteiger partial charge in [-0.2, -0.15) is 4.31 Å². The zero-order valence-corrected chi connectivity index (χ0v) is 19.2. The summed E-state index contributed by atoms with van der Waals surface area (Å²) in [4.78, 5) is 16.8. The number of carbonyl (C=O) groups is 1. The van der Waals surface area contributed by atoms with Gasteiger partial charge in [0.1, 0.15) is 12.4 Å². The summed E-state index contributed by atoms with van der Waals surface area (Å²) in [5, 5.41) is 2.78. The van der Waals surface area contributed by atoms with Crippen LogP contribution in [0, 0.1) is 6.92 Å². The molecule has 0 aliphatic rings. The lowest BCUT2D eigenvalue weighted by Crippen LogP contribution is -2.31. The van der Waals surface area contributed by atoms with Crippen molar-refractivity contribution in [3.8, 4) is 5.75 Å². The maximum atomic E-state index is 12.9. The zero-order chi connectivity index (χ0) is 23.1. The molecule has 32 heavy (non-hydrogen) atoms. The van der Waals surface area contributed by atoms with Crippen LogP contribution >= 0.6 is 0 Å². The smallest absolute Gasteiger partial charge is 0.255 e. The fraction of sp³-hybridized carbons (Fsp3) is 0.250. The Bertz CT molecular complexity index is 1160. The minimum atomic E-state index is -3.63. The van der Waals surface area contributed by atoms with Crippen LogP contribution in [0.3, 0.4) is 0 Å². The highest BCUT2D eigenvalue weighted by molar-refractivity contribution is 7.89. The first-order valence-electron chi connectivity index (χ1n) is 10.4. The number of nitrogens with zero attached hydrogens (tertiary/aromatic N) is 2. The van der Waals surface area contributed by atoms with E-state index in [4.69, 9.17) is 4.74 Å². The fourth-order valence-corrected chi connectivity index (χ4v) is 4.92. The van der Waals surface area contributed by atoms with Crippen molar-refractivity contribution < 1.29 is 17.9 Å². The number of amides is 1. The Morgan fingerprint density at radius 2 is 1.66 bits per heavy atom. The van der Waals surface area contributed by atoms with Crippen molar-refractivity contribution in [2.75, 3.05) is 18.4 Å². The quantitative estimate of drug-likeness (QED) is 0.523. The van der Waals surface area contributed by atoms with Crippen LogP contribution in [0.4, 0.5) is 5.69 Å². The molecule has 0 bridgehead atoms. The Hall–Kier alpha value is -3.23. The number of aryl methyl sites for hydroxylation is 1. The van der Waals surface area contributed by atoms with Gasteiger partial charge in [-0.3, -0.25) is 9.78 Å². The number of aromatic nitrogens is 1. The SMILES string of the molecule is CCN(CC)S(=O)(=O)c1cc(NC(=O)c2ccc(OCc3ccncc3)cc2)ccc1C. The molecule has 0 atom stereocenters. The Kier molecular flexibility index (Phi) is 7.61. The molecule has 0 unspecified atom stereocenters. The summed E-state index contributed by atoms with van der Waals surface area (Å²) < 4.78 is 33.0. The lowest BCUT2D eigenvalue weighted by molar-refractivity contribution is 0.102. The number of anilines is 1. The molecule has 7 nitrogen and oxygen atoms in total. The first kappa shape index (κ1) is 23.4. The van der Waals surface area contributed by atoms with Crippen molar-refractivity contribution in [1.82, 2.24) is 9.29 Å². The lowest BCUT2D eigenvalue weighted by atomic mass is 10.2. The largest absolute Gasteiger partial charge is 0.489 e. The normalized spacial score (nSPS) is 11.4. The molecule has 1 amide bonds. The Balaban J connectivity index is 1.70. The van der Waals surface area contributed by atoms with E-state index in [9.17, 15) is 13.2 Å². The molecule has 168 valence electrons. The van der Waals surface area contributed by atoms with Gasteiger partial charge in [-0.15, -0.1) is 0 Å². The van der Waals surface area contributed by atoms with Crippen molar-refractivity contribution in [3.63, 3.8) is 0 Å². The van der Waals surface area contributed by atoms with Gasteiger partial charge in [-0.05, 0) is 66.6 Å². The van der Waals surface area contributed by atoms with Crippen molar-refractivity contribution >= 4 is 21.6 Å². The van der Waals surface area contributed by atoms with Gasteiger partial charge in [-0.25, -0.2) is 8.42 Å². The molecule has 0 fully saturated rings. The van der Waals surface area contributed by atoms with Gasteiger partial charge in [-0.1, -0.05) is 19.9 Å². The molecule has 3 aromatic rings. The van der Waals surface area contributed by atoms with E-state index in [0.29, 0.717) is 42.3 Å². The van der Waals surface area contributed by atoms with Crippen molar-refractivity contribution in [2.45, 2.75) is 32.3 Å². The van der Waals surface area contributed by atoms with Crippen LogP contribution in [0.5, 0.6) is 5.75 Å². The number of rotatable bonds is 9. The number of benzene rings is 2. The second kappa shape index (κ2) is 10.4. The molecule has 2 aromatic carbocycles. The molecule has 1 aromatic heterocycles. The Morgan fingerprint density at radius 3 is 2.28 bits per heavy atom. The third kappa shape index (κ3) is 5.52. The standard InChI is InChI=1S/C24H27N3O4S/c1-4-27(5-2)32(29,30)23-16-21(9-6-18(23)3)26-24(28)20-7-10-22(11-8-20)31-17-19-12-14-25-15-13-19/h6-16H,4-5,17H2,1-3H3,(H,26,28). The summed E-state index contributed by atoms with van der Waals surface area (Å²) in [7, 11) is -3.63. The molecule has 0 aliphatic carbocycles. The second-order valence-corrected chi connectivity index (χ2v) is 9.10. The monoisotopic (exact) mass is 453 g/mol. The number of hydrogen-bond acceptors (Lipinski definition) is 5. The summed E-state index contributed by atoms with van der Waals surface area (Å²) in [5.41, 5.74) is 2.49. The second-order valence-electron chi connectivity index (χ2n) is 7.19. The first-order chi connectivity index (χ1) is 15.3. The molecular formula is C24H27N3O4S. The summed E-state index contributed by atoms with van der Waals surface area (Å²) in [6.07, 6.45) is 3.41. The van der Waals surface area contributed by atoms with E-state index in [-0.39, 0.29) is 10.8 Å². The van der Waals surface area contributed by atoms with E-state index in [1.54, 1.807) is 69.6 Å². The van der Waals surface area contributed by atoms with Gasteiger partial charge in [0, 0.05) is 36.7 Å². The first-order valence-corrected chi connectivity index (χ1v) is 11.8. The van der Waals surface area contributed by atoms with Gasteiger partial charge >= 0.3 is 0 Å². The van der Waals surface area contributed by atoms with Gasteiger partial charge in [0.05, 0.1) is 4.90 Å². The van der Waals surface area contributed by atoms with Crippen LogP contribution in [-0.4, -0.2) is 36.7 Å². The molecule has 0 radical (unpaired) electrons. The van der Waals surface area contributed by atoms with Crippen LogP contribution in [0.25, 0.3) is 0 Å². The van der Waals surface area contributed by atoms with Crippen LogP contribution in [0.2, 0.25) is 0 Å². The lowest BCUT2D eigenvalue weighted by Gasteiger charge is -2.20. The number of pyridine rings is 1. The van der Waals surface area contributed by atoms with Crippen molar-refractivity contribution in [2.24, 2.45) is 0 Å². The molecule has 0 spiro atoms. The van der Waals surface area contributed by atoms with Crippen molar-refractivity contribution in [1.29, 1.82) is 0 Å². The van der Waals surface area contributed by atoms with Crippen LogP contribution < -0.4 is 10.1 Å². The summed E-state index contributed by atoms with van der Waals surface area (Å²) >= 11 is 0. The summed E-state index contributed by atoms with van der Waals surface area (Å²) in [6.45, 7) is 6.50. The third-order valence-corrected chi connectivity index (χ3v) is 7.23. The number of hydrogen-bond donors (Lipinski definition) is 1. The number of nitrogens with one attached hydrogen (secondary N) is 1. The molecule has 0 saturated carbocycles. The van der Waals surface area contributed by atoms with E-state index in [0.717, 1.165) is 5.56 Å². The van der Waals surface area contributed by atoms with Crippen LogP contribution in [0.1, 0.15) is 35.3 Å². The fourth-order valence-electron chi connectivity index (χ4n) is 3.21. The summed E-state index contributed by atoms with van der Waals surface area (Å²) in [5.74, 6) is 0.307. The van der Waals surface area contributed by atoms with Crippen LogP contribution in [-0.2, 0) is 16.6 Å². The van der Waals surface area contributed by atoms with E-state index in [1.165, 1.54) is 10.4 Å². The zero-order valence-electron chi connectivity index (χ0n) is 18.4. The molecule has 0 saturated heterocycles. The highest BCUT2D eigenvalue weighted by Crippen LogP contribution is 2.24. The molecule has 0 aliphatic heterocycles. The van der Waals surface area contributed by atoms with E-state index in [1.807, 2.05) is 12.1 Å². The summed E-state index contributed by atoms with van der Waals surface area (Å²) in [6, 6.07) is 15.4. The average molecular weight is 454 g/mol. The van der Waals surface area contributed by atoms with E-state index in [2.05, 4.69) is 10.3 Å². The molecule has 1 heterocycles. The Morgan fingerprint density at radius 1 is 1.00 bits per heavy atom. The van der Waals surface area contributed by atoms with Gasteiger partial charge in [0.2, 0.25) is 10.0 Å². The molecule has 8 heteroatoms. The maximum absolute atomic E-state index is 12.9. The van der Waals surface area contributed by atoms with Gasteiger partial charge < -0.3 is 10.1 Å². The van der Waals surface area contributed by atoms with Gasteiger partial charge in [0.25, 0.3) is 5.91 Å². The minimum Gasteiger partial charge on any atom is -0.489 e. The molecule has 3 rings (SSSR count). The van der Waals surface area contributed by atoms with Crippen LogP contribution in [0.15, 0.2) is 71.9 Å². The maximum Gasteiger partial charge on any atom is 0.255 e. The van der Waals surface area contributed by atoms with Crippen molar-refractivity contribution in [3.05, 3.63) is 83.7 Å². The number of carbonyl (C=O) groups excluding carboxylic acids is 1. The predicted octanol–water partition coefficient (Wildman–Crippen LogP) is 4.25. The predicted molar refractivity (Wildman–Crippen MR) is 124 cm³/mol. The highest BCUT2D eigenvalue weighted by Gasteiger charge is 2.24. The number of ether oxygens (including phenoxy) is 1. The molecular weight excluding hydrogens is 426 g/mol. The van der Waals surface area contributed by atoms with E-state index >= 15 is 0 Å².